The summed E-state index contributed by atoms with van der Waals surface area (Å²) in [6.45, 7) is 2.08. The summed E-state index contributed by atoms with van der Waals surface area (Å²) in [5, 5.41) is 0. The van der Waals surface area contributed by atoms with E-state index >= 15 is 0 Å². The number of rotatable bonds is 5. The van der Waals surface area contributed by atoms with Crippen molar-refractivity contribution in [3.63, 3.8) is 0 Å². The van der Waals surface area contributed by atoms with Crippen molar-refractivity contribution < 1.29 is 9.47 Å². The van der Waals surface area contributed by atoms with Crippen LogP contribution in [0.2, 0.25) is 0 Å². The fourth-order valence-corrected chi connectivity index (χ4v) is 2.66. The van der Waals surface area contributed by atoms with Gasteiger partial charge in [0.2, 0.25) is 5.95 Å². The first-order chi connectivity index (χ1) is 11.3. The number of nitrogens with zero attached hydrogens (tertiary/aromatic N) is 3. The van der Waals surface area contributed by atoms with Gasteiger partial charge in [-0.05, 0) is 43.2 Å². The molecule has 0 atom stereocenters. The van der Waals surface area contributed by atoms with E-state index in [1.807, 2.05) is 42.6 Å². The van der Waals surface area contributed by atoms with Gasteiger partial charge in [0.05, 0.1) is 19.9 Å². The summed E-state index contributed by atoms with van der Waals surface area (Å²) >= 11 is 0. The lowest BCUT2D eigenvalue weighted by molar-refractivity contribution is 0.394. The Kier molecular flexibility index (Phi) is 4.76. The molecule has 2 heterocycles. The van der Waals surface area contributed by atoms with Crippen LogP contribution in [0.15, 0.2) is 30.5 Å². The van der Waals surface area contributed by atoms with Gasteiger partial charge in [0.15, 0.2) is 0 Å². The van der Waals surface area contributed by atoms with Crippen LogP contribution in [-0.2, 0) is 0 Å². The van der Waals surface area contributed by atoms with E-state index in [0.717, 1.165) is 41.8 Å². The van der Waals surface area contributed by atoms with E-state index in [0.29, 0.717) is 0 Å². The van der Waals surface area contributed by atoms with Crippen molar-refractivity contribution in [3.8, 4) is 11.5 Å². The van der Waals surface area contributed by atoms with E-state index in [1.165, 1.54) is 12.8 Å². The zero-order valence-corrected chi connectivity index (χ0v) is 13.5. The maximum atomic E-state index is 5.41. The van der Waals surface area contributed by atoms with E-state index in [2.05, 4.69) is 14.9 Å². The number of hydrogen-bond acceptors (Lipinski definition) is 5. The van der Waals surface area contributed by atoms with Gasteiger partial charge in [0.1, 0.15) is 11.5 Å². The molecule has 120 valence electrons. The first-order valence-corrected chi connectivity index (χ1v) is 7.78. The third kappa shape index (κ3) is 3.62. The molecule has 0 spiro atoms. The molecule has 1 aromatic heterocycles. The molecule has 0 bridgehead atoms. The number of benzene rings is 1. The van der Waals surface area contributed by atoms with Crippen LogP contribution in [0.25, 0.3) is 12.2 Å². The third-order valence-electron chi connectivity index (χ3n) is 3.93. The highest BCUT2D eigenvalue weighted by atomic mass is 16.5. The van der Waals surface area contributed by atoms with Gasteiger partial charge in [0, 0.05) is 30.9 Å². The Morgan fingerprint density at radius 1 is 1.04 bits per heavy atom. The number of aromatic nitrogens is 2. The maximum Gasteiger partial charge on any atom is 0.225 e. The summed E-state index contributed by atoms with van der Waals surface area (Å²) in [6.07, 6.45) is 8.21. The quantitative estimate of drug-likeness (QED) is 0.848. The second-order valence-corrected chi connectivity index (χ2v) is 5.42. The molecule has 1 saturated heterocycles. The average molecular weight is 311 g/mol. The van der Waals surface area contributed by atoms with E-state index < -0.39 is 0 Å². The topological polar surface area (TPSA) is 47.5 Å². The molecule has 23 heavy (non-hydrogen) atoms. The second-order valence-electron chi connectivity index (χ2n) is 5.42. The molecular weight excluding hydrogens is 290 g/mol. The molecule has 2 aromatic rings. The Morgan fingerprint density at radius 3 is 2.61 bits per heavy atom. The summed E-state index contributed by atoms with van der Waals surface area (Å²) in [5.74, 6) is 2.36. The van der Waals surface area contributed by atoms with Gasteiger partial charge in [-0.2, -0.15) is 0 Å². The lowest BCUT2D eigenvalue weighted by Crippen LogP contribution is -2.20. The van der Waals surface area contributed by atoms with Gasteiger partial charge in [-0.15, -0.1) is 0 Å². The molecule has 1 aliphatic heterocycles. The van der Waals surface area contributed by atoms with Crippen LogP contribution in [0.1, 0.15) is 24.1 Å². The molecular formula is C18H21N3O2. The number of hydrogen-bond donors (Lipinski definition) is 0. The lowest BCUT2D eigenvalue weighted by atomic mass is 10.1. The molecule has 5 nitrogen and oxygen atoms in total. The van der Waals surface area contributed by atoms with E-state index in [9.17, 15) is 0 Å². The van der Waals surface area contributed by atoms with Crippen LogP contribution in [0.4, 0.5) is 5.95 Å². The van der Waals surface area contributed by atoms with Gasteiger partial charge in [0.25, 0.3) is 0 Å². The Bertz CT molecular complexity index is 694. The molecule has 1 aromatic carbocycles. The fourth-order valence-electron chi connectivity index (χ4n) is 2.66. The summed E-state index contributed by atoms with van der Waals surface area (Å²) in [6, 6.07) is 7.66. The van der Waals surface area contributed by atoms with Crippen molar-refractivity contribution in [2.45, 2.75) is 12.8 Å². The first kappa shape index (κ1) is 15.3. The van der Waals surface area contributed by atoms with Crippen LogP contribution in [-0.4, -0.2) is 37.3 Å². The molecule has 0 aliphatic carbocycles. The summed E-state index contributed by atoms with van der Waals surface area (Å²) in [7, 11) is 3.30. The molecule has 3 rings (SSSR count). The standard InChI is InChI=1S/C18H21N3O2/c1-22-16-8-6-14(17(13-16)23-2)5-7-15-9-10-19-18(20-15)21-11-3-4-12-21/h5-10,13H,3-4,11-12H2,1-2H3. The maximum absolute atomic E-state index is 5.41. The molecule has 0 unspecified atom stereocenters. The van der Waals surface area contributed by atoms with E-state index in [-0.39, 0.29) is 0 Å². The van der Waals surface area contributed by atoms with Crippen molar-refractivity contribution in [1.82, 2.24) is 9.97 Å². The van der Waals surface area contributed by atoms with Crippen LogP contribution in [0.3, 0.4) is 0 Å². The molecule has 0 N–H and O–H groups in total. The summed E-state index contributed by atoms with van der Waals surface area (Å²) < 4.78 is 10.6. The fraction of sp³-hybridized carbons (Fsp3) is 0.333. The van der Waals surface area contributed by atoms with Gasteiger partial charge in [-0.1, -0.05) is 0 Å². The smallest absolute Gasteiger partial charge is 0.225 e. The normalized spacial score (nSPS) is 14.4. The van der Waals surface area contributed by atoms with Crippen LogP contribution >= 0.6 is 0 Å². The van der Waals surface area contributed by atoms with Crippen molar-refractivity contribution in [2.75, 3.05) is 32.2 Å². The van der Waals surface area contributed by atoms with Crippen LogP contribution in [0, 0.1) is 0 Å². The zero-order valence-electron chi connectivity index (χ0n) is 13.5. The Balaban J connectivity index is 1.81. The largest absolute Gasteiger partial charge is 0.497 e. The van der Waals surface area contributed by atoms with Crippen LogP contribution in [0.5, 0.6) is 11.5 Å². The third-order valence-corrected chi connectivity index (χ3v) is 3.93. The molecule has 0 amide bonds. The number of ether oxygens (including phenoxy) is 2. The second kappa shape index (κ2) is 7.13. The molecule has 5 heteroatoms. The van der Waals surface area contributed by atoms with Gasteiger partial charge in [-0.25, -0.2) is 9.97 Å². The Labute approximate surface area is 136 Å². The predicted molar refractivity (Wildman–Crippen MR) is 92.0 cm³/mol. The van der Waals surface area contributed by atoms with E-state index in [4.69, 9.17) is 9.47 Å². The molecule has 0 saturated carbocycles. The van der Waals surface area contributed by atoms with Gasteiger partial charge >= 0.3 is 0 Å². The van der Waals surface area contributed by atoms with Crippen molar-refractivity contribution in [1.29, 1.82) is 0 Å². The van der Waals surface area contributed by atoms with Gasteiger partial charge < -0.3 is 14.4 Å². The summed E-state index contributed by atoms with van der Waals surface area (Å²) in [4.78, 5) is 11.2. The highest BCUT2D eigenvalue weighted by molar-refractivity contribution is 5.72. The van der Waals surface area contributed by atoms with Gasteiger partial charge in [-0.3, -0.25) is 0 Å². The highest BCUT2D eigenvalue weighted by Crippen LogP contribution is 2.26. The lowest BCUT2D eigenvalue weighted by Gasteiger charge is -2.14. The monoisotopic (exact) mass is 311 g/mol. The highest BCUT2D eigenvalue weighted by Gasteiger charge is 2.14. The minimum atomic E-state index is 0.773. The number of anilines is 1. The average Bonchev–Trinajstić information content (AvgIpc) is 3.14. The van der Waals surface area contributed by atoms with Crippen molar-refractivity contribution >= 4 is 18.1 Å². The minimum Gasteiger partial charge on any atom is -0.497 e. The Hall–Kier alpha value is -2.56. The molecule has 1 fully saturated rings. The molecule has 0 radical (unpaired) electrons. The van der Waals surface area contributed by atoms with Crippen molar-refractivity contribution in [2.24, 2.45) is 0 Å². The SMILES string of the molecule is COc1ccc(C=Cc2ccnc(N3CCCC3)n2)c(OC)c1. The van der Waals surface area contributed by atoms with Crippen molar-refractivity contribution in [3.05, 3.63) is 41.7 Å². The summed E-state index contributed by atoms with van der Waals surface area (Å²) in [5.41, 5.74) is 1.87. The number of methoxy groups -OCH3 is 2. The first-order valence-electron chi connectivity index (χ1n) is 7.78. The Morgan fingerprint density at radius 2 is 1.87 bits per heavy atom. The predicted octanol–water partition coefficient (Wildman–Crippen LogP) is 3.26. The minimum absolute atomic E-state index is 0.773. The van der Waals surface area contributed by atoms with E-state index in [1.54, 1.807) is 14.2 Å². The zero-order chi connectivity index (χ0) is 16.1. The van der Waals surface area contributed by atoms with Crippen LogP contribution < -0.4 is 14.4 Å². The molecule has 1 aliphatic rings.